The first-order chi connectivity index (χ1) is 14.3. The van der Waals surface area contributed by atoms with Gasteiger partial charge < -0.3 is 9.72 Å². The van der Waals surface area contributed by atoms with Crippen LogP contribution in [0.2, 0.25) is 0 Å². The summed E-state index contributed by atoms with van der Waals surface area (Å²) in [5.41, 5.74) is 3.42. The van der Waals surface area contributed by atoms with Gasteiger partial charge >= 0.3 is 5.97 Å². The monoisotopic (exact) mass is 434 g/mol. The predicted molar refractivity (Wildman–Crippen MR) is 115 cm³/mol. The summed E-state index contributed by atoms with van der Waals surface area (Å²) in [6.07, 6.45) is 3.73. The third kappa shape index (κ3) is 4.69. The average Bonchev–Trinajstić information content (AvgIpc) is 3.36. The largest absolute Gasteiger partial charge is 0.468 e. The lowest BCUT2D eigenvalue weighted by Gasteiger charge is -2.38. The number of benzene rings is 1. The van der Waals surface area contributed by atoms with Crippen molar-refractivity contribution in [3.05, 3.63) is 35.5 Å². The molecule has 0 unspecified atom stereocenters. The first-order valence-corrected chi connectivity index (χ1v) is 12.3. The van der Waals surface area contributed by atoms with Gasteiger partial charge in [-0.15, -0.1) is 0 Å². The number of esters is 1. The number of ether oxygens (including phenoxy) is 1. The van der Waals surface area contributed by atoms with Crippen LogP contribution >= 0.6 is 0 Å². The van der Waals surface area contributed by atoms with E-state index in [9.17, 15) is 13.2 Å². The van der Waals surface area contributed by atoms with Crippen molar-refractivity contribution in [1.82, 2.24) is 19.1 Å². The smallest absolute Gasteiger partial charge is 0.324 e. The molecule has 9 heteroatoms. The van der Waals surface area contributed by atoms with E-state index in [1.54, 1.807) is 0 Å². The first-order valence-electron chi connectivity index (χ1n) is 10.4. The van der Waals surface area contributed by atoms with Gasteiger partial charge in [-0.05, 0) is 49.7 Å². The minimum absolute atomic E-state index is 0.123. The van der Waals surface area contributed by atoms with E-state index in [0.29, 0.717) is 19.6 Å². The van der Waals surface area contributed by atoms with Crippen molar-refractivity contribution in [2.24, 2.45) is 0 Å². The summed E-state index contributed by atoms with van der Waals surface area (Å²) in [7, 11) is -2.00. The maximum absolute atomic E-state index is 12.3. The van der Waals surface area contributed by atoms with E-state index in [1.165, 1.54) is 36.2 Å². The highest BCUT2D eigenvalue weighted by Crippen LogP contribution is 2.22. The van der Waals surface area contributed by atoms with Crippen molar-refractivity contribution >= 4 is 26.9 Å². The Labute approximate surface area is 177 Å². The highest BCUT2D eigenvalue weighted by molar-refractivity contribution is 7.88. The van der Waals surface area contributed by atoms with Crippen molar-refractivity contribution < 1.29 is 17.9 Å². The average molecular weight is 435 g/mol. The van der Waals surface area contributed by atoms with Gasteiger partial charge in [0.2, 0.25) is 10.0 Å². The molecule has 0 radical (unpaired) electrons. The molecule has 1 atom stereocenters. The number of aromatic nitrogens is 1. The van der Waals surface area contributed by atoms with E-state index < -0.39 is 22.0 Å². The van der Waals surface area contributed by atoms with Crippen LogP contribution < -0.4 is 0 Å². The minimum atomic E-state index is -3.34. The van der Waals surface area contributed by atoms with Crippen LogP contribution in [-0.2, 0) is 32.6 Å². The Hall–Kier alpha value is -1.94. The SMILES string of the molecule is COC(=O)[C@H]1CN(S(C)(=O)=O)CCN1Cc1ccc2[nH]c(CN3CCCC3)cc2c1. The molecule has 4 rings (SSSR count). The molecule has 164 valence electrons. The predicted octanol–water partition coefficient (Wildman–Crippen LogP) is 1.38. The van der Waals surface area contributed by atoms with Gasteiger partial charge in [-0.1, -0.05) is 6.07 Å². The highest BCUT2D eigenvalue weighted by Gasteiger charge is 2.36. The fourth-order valence-electron chi connectivity index (χ4n) is 4.49. The van der Waals surface area contributed by atoms with E-state index >= 15 is 0 Å². The molecule has 0 amide bonds. The molecule has 0 bridgehead atoms. The summed E-state index contributed by atoms with van der Waals surface area (Å²) in [6, 6.07) is 7.90. The maximum Gasteiger partial charge on any atom is 0.324 e. The number of carbonyl (C=O) groups is 1. The van der Waals surface area contributed by atoms with E-state index in [4.69, 9.17) is 4.74 Å². The molecular formula is C21H30N4O4S. The Bertz CT molecular complexity index is 1010. The van der Waals surface area contributed by atoms with Gasteiger partial charge in [0, 0.05) is 49.3 Å². The molecule has 2 aliphatic heterocycles. The molecule has 2 fully saturated rings. The van der Waals surface area contributed by atoms with Crippen LogP contribution in [0.1, 0.15) is 24.1 Å². The summed E-state index contributed by atoms with van der Waals surface area (Å²) in [4.78, 5) is 20.3. The lowest BCUT2D eigenvalue weighted by atomic mass is 10.1. The number of methoxy groups -OCH3 is 1. The number of aromatic amines is 1. The van der Waals surface area contributed by atoms with Gasteiger partial charge in [-0.25, -0.2) is 8.42 Å². The van der Waals surface area contributed by atoms with Gasteiger partial charge in [0.15, 0.2) is 0 Å². The number of nitrogens with zero attached hydrogens (tertiary/aromatic N) is 3. The van der Waals surface area contributed by atoms with Crippen LogP contribution in [0.5, 0.6) is 0 Å². The second-order valence-electron chi connectivity index (χ2n) is 8.33. The molecule has 1 N–H and O–H groups in total. The normalized spacial score (nSPS) is 22.0. The van der Waals surface area contributed by atoms with Crippen molar-refractivity contribution in [2.45, 2.75) is 32.0 Å². The molecule has 0 spiro atoms. The molecule has 8 nitrogen and oxygen atoms in total. The van der Waals surface area contributed by atoms with Gasteiger partial charge in [0.05, 0.1) is 13.4 Å². The number of hydrogen-bond donors (Lipinski definition) is 1. The van der Waals surface area contributed by atoms with E-state index in [-0.39, 0.29) is 6.54 Å². The number of sulfonamides is 1. The van der Waals surface area contributed by atoms with Gasteiger partial charge in [-0.2, -0.15) is 4.31 Å². The van der Waals surface area contributed by atoms with Crippen molar-refractivity contribution in [2.75, 3.05) is 46.1 Å². The second-order valence-corrected chi connectivity index (χ2v) is 10.3. The van der Waals surface area contributed by atoms with Crippen LogP contribution in [0.3, 0.4) is 0 Å². The molecular weight excluding hydrogens is 404 g/mol. The van der Waals surface area contributed by atoms with Crippen LogP contribution in [0, 0.1) is 0 Å². The zero-order valence-electron chi connectivity index (χ0n) is 17.6. The zero-order chi connectivity index (χ0) is 21.3. The minimum Gasteiger partial charge on any atom is -0.468 e. The summed E-state index contributed by atoms with van der Waals surface area (Å²) < 4.78 is 30.2. The summed E-state index contributed by atoms with van der Waals surface area (Å²) in [5.74, 6) is -0.404. The van der Waals surface area contributed by atoms with Crippen LogP contribution in [0.4, 0.5) is 0 Å². The topological polar surface area (TPSA) is 86.0 Å². The number of H-pyrrole nitrogens is 1. The van der Waals surface area contributed by atoms with E-state index in [0.717, 1.165) is 36.1 Å². The first kappa shape index (κ1) is 21.3. The van der Waals surface area contributed by atoms with Crippen molar-refractivity contribution in [1.29, 1.82) is 0 Å². The number of likely N-dealkylation sites (tertiary alicyclic amines) is 1. The molecule has 2 aromatic rings. The van der Waals surface area contributed by atoms with Gasteiger partial charge in [-0.3, -0.25) is 14.6 Å². The number of rotatable bonds is 6. The van der Waals surface area contributed by atoms with Crippen LogP contribution in [0.15, 0.2) is 24.3 Å². The Balaban J connectivity index is 1.49. The number of nitrogens with one attached hydrogen (secondary N) is 1. The summed E-state index contributed by atoms with van der Waals surface area (Å²) in [6.45, 7) is 4.82. The molecule has 1 aromatic carbocycles. The van der Waals surface area contributed by atoms with Gasteiger partial charge in [0.25, 0.3) is 0 Å². The lowest BCUT2D eigenvalue weighted by molar-refractivity contribution is -0.148. The maximum atomic E-state index is 12.3. The van der Waals surface area contributed by atoms with Crippen LogP contribution in [-0.4, -0.2) is 85.6 Å². The Kier molecular flexibility index (Phi) is 6.15. The third-order valence-corrected chi connectivity index (χ3v) is 7.39. The quantitative estimate of drug-likeness (QED) is 0.692. The standard InChI is InChI=1S/C21H30N4O4S/c1-29-21(26)20-15-25(30(2,27)28)10-9-24(20)13-16-5-6-19-17(11-16)12-18(22-19)14-23-7-3-4-8-23/h5-6,11-12,20,22H,3-4,7-10,13-15H2,1-2H3/t20-/m1/s1. The Morgan fingerprint density at radius 1 is 1.13 bits per heavy atom. The molecule has 0 saturated carbocycles. The lowest BCUT2D eigenvalue weighted by Crippen LogP contribution is -2.57. The van der Waals surface area contributed by atoms with E-state index in [1.807, 2.05) is 4.90 Å². The van der Waals surface area contributed by atoms with Crippen LogP contribution in [0.25, 0.3) is 10.9 Å². The Morgan fingerprint density at radius 2 is 1.90 bits per heavy atom. The highest BCUT2D eigenvalue weighted by atomic mass is 32.2. The number of piperazine rings is 1. The molecule has 0 aliphatic carbocycles. The molecule has 3 heterocycles. The Morgan fingerprint density at radius 3 is 2.60 bits per heavy atom. The van der Waals surface area contributed by atoms with Crippen molar-refractivity contribution in [3.8, 4) is 0 Å². The zero-order valence-corrected chi connectivity index (χ0v) is 18.5. The molecule has 2 aliphatic rings. The van der Waals surface area contributed by atoms with Gasteiger partial charge in [0.1, 0.15) is 6.04 Å². The fraction of sp³-hybridized carbons (Fsp3) is 0.571. The van der Waals surface area contributed by atoms with E-state index in [2.05, 4.69) is 34.1 Å². The second kappa shape index (κ2) is 8.66. The molecule has 2 saturated heterocycles. The number of fused-ring (bicyclic) bond motifs is 1. The summed E-state index contributed by atoms with van der Waals surface area (Å²) in [5, 5.41) is 1.16. The fourth-order valence-corrected chi connectivity index (χ4v) is 5.31. The molecule has 1 aromatic heterocycles. The molecule has 30 heavy (non-hydrogen) atoms. The summed E-state index contributed by atoms with van der Waals surface area (Å²) >= 11 is 0. The number of hydrogen-bond acceptors (Lipinski definition) is 6. The third-order valence-electron chi connectivity index (χ3n) is 6.12. The van der Waals surface area contributed by atoms with Crippen molar-refractivity contribution in [3.63, 3.8) is 0 Å². The number of carbonyl (C=O) groups excluding carboxylic acids is 1.